The first-order valence-corrected chi connectivity index (χ1v) is 10.4. The zero-order valence-corrected chi connectivity index (χ0v) is 18.9. The molecule has 3 rings (SSSR count). The molecular weight excluding hydrogens is 465 g/mol. The Morgan fingerprint density at radius 3 is 2.30 bits per heavy atom. The van der Waals surface area contributed by atoms with Crippen LogP contribution in [0.2, 0.25) is 0 Å². The van der Waals surface area contributed by atoms with E-state index in [-0.39, 0.29) is 5.11 Å². The highest BCUT2D eigenvalue weighted by molar-refractivity contribution is 7.80. The number of ether oxygens (including phenoxy) is 1. The second-order valence-electron chi connectivity index (χ2n) is 6.30. The molecule has 0 saturated heterocycles. The Kier molecular flexibility index (Phi) is 7.26. The zero-order valence-electron chi connectivity index (χ0n) is 15.8. The third-order valence-electron chi connectivity index (χ3n) is 4.26. The molecule has 0 radical (unpaired) electrons. The lowest BCUT2D eigenvalue weighted by Crippen LogP contribution is -2.56. The van der Waals surface area contributed by atoms with Crippen LogP contribution in [-0.4, -0.2) is 28.1 Å². The molecule has 3 N–H and O–H groups in total. The van der Waals surface area contributed by atoms with E-state index in [1.165, 1.54) is 0 Å². The van der Waals surface area contributed by atoms with Crippen molar-refractivity contribution in [3.8, 4) is 5.75 Å². The lowest BCUT2D eigenvalue weighted by molar-refractivity contribution is 0.0936. The maximum Gasteiger partial charge on any atom is 0.253 e. The highest BCUT2D eigenvalue weighted by atomic mass is 35.6. The summed E-state index contributed by atoms with van der Waals surface area (Å²) in [7, 11) is 1.58. The van der Waals surface area contributed by atoms with Crippen molar-refractivity contribution in [1.82, 2.24) is 10.6 Å². The average Bonchev–Trinajstić information content (AvgIpc) is 2.72. The van der Waals surface area contributed by atoms with Crippen molar-refractivity contribution in [3.05, 3.63) is 72.3 Å². The number of methoxy groups -OCH3 is 1. The minimum absolute atomic E-state index is 0.176. The number of thiocarbonyl (C=S) groups is 1. The monoisotopic (exact) mass is 481 g/mol. The van der Waals surface area contributed by atoms with Gasteiger partial charge in [0.05, 0.1) is 7.11 Å². The van der Waals surface area contributed by atoms with Crippen LogP contribution < -0.4 is 20.7 Å². The number of halogens is 3. The van der Waals surface area contributed by atoms with Crippen LogP contribution in [0.15, 0.2) is 66.7 Å². The number of rotatable bonds is 5. The van der Waals surface area contributed by atoms with Crippen LogP contribution in [0.1, 0.15) is 10.4 Å². The third-order valence-corrected chi connectivity index (χ3v) is 5.13. The van der Waals surface area contributed by atoms with E-state index in [0.29, 0.717) is 17.0 Å². The van der Waals surface area contributed by atoms with E-state index in [1.807, 2.05) is 30.3 Å². The molecule has 3 aromatic carbocycles. The largest absolute Gasteiger partial charge is 0.497 e. The van der Waals surface area contributed by atoms with Crippen LogP contribution in [0.4, 0.5) is 5.69 Å². The predicted octanol–water partition coefficient (Wildman–Crippen LogP) is 5.26. The summed E-state index contributed by atoms with van der Waals surface area (Å²) in [4.78, 5) is 12.9. The van der Waals surface area contributed by atoms with Crippen molar-refractivity contribution in [2.45, 2.75) is 9.96 Å². The van der Waals surface area contributed by atoms with Gasteiger partial charge in [0.15, 0.2) is 5.11 Å². The maximum atomic E-state index is 12.9. The van der Waals surface area contributed by atoms with Crippen molar-refractivity contribution in [2.24, 2.45) is 0 Å². The van der Waals surface area contributed by atoms with Gasteiger partial charge in [0.2, 0.25) is 3.79 Å². The second-order valence-corrected chi connectivity index (χ2v) is 9.08. The molecule has 156 valence electrons. The van der Waals surface area contributed by atoms with Crippen LogP contribution in [-0.2, 0) is 0 Å². The van der Waals surface area contributed by atoms with Gasteiger partial charge in [0, 0.05) is 11.3 Å². The van der Waals surface area contributed by atoms with Gasteiger partial charge in [0.1, 0.15) is 11.9 Å². The number of hydrogen-bond donors (Lipinski definition) is 3. The van der Waals surface area contributed by atoms with Crippen molar-refractivity contribution in [3.63, 3.8) is 0 Å². The molecule has 0 aliphatic carbocycles. The molecule has 30 heavy (non-hydrogen) atoms. The lowest BCUT2D eigenvalue weighted by Gasteiger charge is -2.28. The van der Waals surface area contributed by atoms with Gasteiger partial charge in [-0.05, 0) is 53.3 Å². The van der Waals surface area contributed by atoms with Crippen molar-refractivity contribution in [1.29, 1.82) is 0 Å². The van der Waals surface area contributed by atoms with E-state index in [2.05, 4.69) is 16.0 Å². The number of hydrogen-bond acceptors (Lipinski definition) is 3. The fourth-order valence-corrected chi connectivity index (χ4v) is 3.37. The molecule has 0 heterocycles. The van der Waals surface area contributed by atoms with Gasteiger partial charge in [-0.1, -0.05) is 71.2 Å². The predicted molar refractivity (Wildman–Crippen MR) is 128 cm³/mol. The van der Waals surface area contributed by atoms with E-state index in [0.717, 1.165) is 10.8 Å². The number of nitrogens with one attached hydrogen (secondary N) is 3. The van der Waals surface area contributed by atoms with Crippen LogP contribution in [0, 0.1) is 0 Å². The SMILES string of the molecule is COc1ccc(NC(=S)N[C@@H](NC(=O)c2cccc3ccccc23)C(Cl)(Cl)Cl)cc1. The third kappa shape index (κ3) is 5.67. The summed E-state index contributed by atoms with van der Waals surface area (Å²) in [6.45, 7) is 0. The summed E-state index contributed by atoms with van der Waals surface area (Å²) in [5.74, 6) is 0.309. The van der Waals surface area contributed by atoms with E-state index >= 15 is 0 Å². The molecule has 0 aliphatic heterocycles. The molecule has 0 unspecified atom stereocenters. The summed E-state index contributed by atoms with van der Waals surface area (Å²) >= 11 is 23.6. The molecule has 1 amide bonds. The molecule has 0 saturated carbocycles. The molecule has 0 fully saturated rings. The number of benzene rings is 3. The first kappa shape index (κ1) is 22.4. The smallest absolute Gasteiger partial charge is 0.253 e. The topological polar surface area (TPSA) is 62.4 Å². The van der Waals surface area contributed by atoms with Crippen LogP contribution in [0.5, 0.6) is 5.75 Å². The van der Waals surface area contributed by atoms with Gasteiger partial charge in [-0.25, -0.2) is 0 Å². The maximum absolute atomic E-state index is 12.9. The fraction of sp³-hybridized carbons (Fsp3) is 0.143. The van der Waals surface area contributed by atoms with E-state index < -0.39 is 15.9 Å². The Morgan fingerprint density at radius 2 is 1.63 bits per heavy atom. The minimum atomic E-state index is -1.86. The summed E-state index contributed by atoms with van der Waals surface area (Å²) in [5.41, 5.74) is 1.17. The first-order valence-electron chi connectivity index (χ1n) is 8.85. The van der Waals surface area contributed by atoms with Gasteiger partial charge in [-0.15, -0.1) is 0 Å². The number of alkyl halides is 3. The first-order chi connectivity index (χ1) is 14.3. The van der Waals surface area contributed by atoms with Crippen LogP contribution >= 0.6 is 47.0 Å². The van der Waals surface area contributed by atoms with Gasteiger partial charge < -0.3 is 20.7 Å². The molecule has 0 bridgehead atoms. The molecule has 5 nitrogen and oxygen atoms in total. The normalized spacial score (nSPS) is 12.1. The Balaban J connectivity index is 1.74. The number of carbonyl (C=O) groups excluding carboxylic acids is 1. The fourth-order valence-electron chi connectivity index (χ4n) is 2.80. The van der Waals surface area contributed by atoms with Crippen LogP contribution in [0.25, 0.3) is 10.8 Å². The van der Waals surface area contributed by atoms with Gasteiger partial charge in [0.25, 0.3) is 5.91 Å². The van der Waals surface area contributed by atoms with Crippen molar-refractivity contribution < 1.29 is 9.53 Å². The van der Waals surface area contributed by atoms with E-state index in [9.17, 15) is 4.79 Å². The van der Waals surface area contributed by atoms with Gasteiger partial charge in [-0.2, -0.15) is 0 Å². The summed E-state index contributed by atoms with van der Waals surface area (Å²) in [6.07, 6.45) is -1.08. The molecule has 9 heteroatoms. The average molecular weight is 483 g/mol. The Bertz CT molecular complexity index is 1050. The minimum Gasteiger partial charge on any atom is -0.497 e. The van der Waals surface area contributed by atoms with Gasteiger partial charge >= 0.3 is 0 Å². The molecular formula is C21H18Cl3N3O2S. The van der Waals surface area contributed by atoms with Gasteiger partial charge in [-0.3, -0.25) is 4.79 Å². The number of carbonyl (C=O) groups is 1. The summed E-state index contributed by atoms with van der Waals surface area (Å²) in [5, 5.41) is 10.4. The number of amides is 1. The highest BCUT2D eigenvalue weighted by Crippen LogP contribution is 2.30. The zero-order chi connectivity index (χ0) is 21.7. The van der Waals surface area contributed by atoms with Crippen LogP contribution in [0.3, 0.4) is 0 Å². The Morgan fingerprint density at radius 1 is 0.967 bits per heavy atom. The Labute approximate surface area is 194 Å². The molecule has 3 aromatic rings. The standard InChI is InChI=1S/C21H18Cl3N3O2S/c1-29-15-11-9-14(10-12-15)25-20(30)27-19(21(22,23)24)26-18(28)17-8-4-6-13-5-2-3-7-16(13)17/h2-12,19H,1H3,(H,26,28)(H2,25,27,30)/t19-/m1/s1. The van der Waals surface area contributed by atoms with E-state index in [4.69, 9.17) is 51.8 Å². The van der Waals surface area contributed by atoms with Crippen molar-refractivity contribution in [2.75, 3.05) is 12.4 Å². The lowest BCUT2D eigenvalue weighted by atomic mass is 10.0. The highest BCUT2D eigenvalue weighted by Gasteiger charge is 2.35. The Hall–Kier alpha value is -2.25. The quantitative estimate of drug-likeness (QED) is 0.263. The second kappa shape index (κ2) is 9.71. The summed E-state index contributed by atoms with van der Waals surface area (Å²) < 4.78 is 3.27. The molecule has 0 aliphatic rings. The number of anilines is 1. The van der Waals surface area contributed by atoms with Crippen molar-refractivity contribution >= 4 is 74.5 Å². The number of fused-ring (bicyclic) bond motifs is 1. The van der Waals surface area contributed by atoms with E-state index in [1.54, 1.807) is 43.5 Å². The molecule has 1 atom stereocenters. The molecule has 0 spiro atoms. The molecule has 0 aromatic heterocycles. The summed E-state index contributed by atoms with van der Waals surface area (Å²) in [6, 6.07) is 20.1.